The summed E-state index contributed by atoms with van der Waals surface area (Å²) >= 11 is 0. The molecule has 0 aromatic rings. The van der Waals surface area contributed by atoms with E-state index in [0.717, 1.165) is 24.8 Å². The summed E-state index contributed by atoms with van der Waals surface area (Å²) in [5, 5.41) is 10.1. The highest BCUT2D eigenvalue weighted by Crippen LogP contribution is 2.24. The van der Waals surface area contributed by atoms with E-state index in [1.807, 2.05) is 0 Å². The second-order valence-corrected chi connectivity index (χ2v) is 6.19. The van der Waals surface area contributed by atoms with E-state index in [0.29, 0.717) is 5.92 Å². The van der Waals surface area contributed by atoms with Gasteiger partial charge in [-0.05, 0) is 50.1 Å². The molecule has 1 fully saturated rings. The number of hydrogen-bond acceptors (Lipinski definition) is 2. The van der Waals surface area contributed by atoms with Gasteiger partial charge >= 0.3 is 0 Å². The average Bonchev–Trinajstić information content (AvgIpc) is 2.53. The molecule has 3 unspecified atom stereocenters. The largest absolute Gasteiger partial charge is 0.392 e. The first-order valence-corrected chi connectivity index (χ1v) is 7.45. The molecule has 0 bridgehead atoms. The normalized spacial score (nSPS) is 26.8. The van der Waals surface area contributed by atoms with Gasteiger partial charge in [-0.3, -0.25) is 0 Å². The highest BCUT2D eigenvalue weighted by Gasteiger charge is 2.22. The number of likely N-dealkylation sites (tertiary alicyclic amines) is 1. The van der Waals surface area contributed by atoms with Crippen LogP contribution in [-0.2, 0) is 0 Å². The van der Waals surface area contributed by atoms with Gasteiger partial charge < -0.3 is 10.0 Å². The number of hydrogen-bond donors (Lipinski definition) is 1. The number of aliphatic hydroxyl groups is 1. The minimum Gasteiger partial charge on any atom is -0.392 e. The molecule has 0 radical (unpaired) electrons. The van der Waals surface area contributed by atoms with Crippen LogP contribution in [0.4, 0.5) is 0 Å². The summed E-state index contributed by atoms with van der Waals surface area (Å²) in [5.74, 6) is 2.13. The highest BCUT2D eigenvalue weighted by molar-refractivity contribution is 4.75. The van der Waals surface area contributed by atoms with Crippen LogP contribution in [-0.4, -0.2) is 35.7 Å². The standard InChI is InChI=1S/C15H31NO/c1-5-13(4)15(17)11-16-9-6-7-14(8-10-16)12(2)3/h12-15,17H,5-11H2,1-4H3. The van der Waals surface area contributed by atoms with E-state index in [4.69, 9.17) is 0 Å². The van der Waals surface area contributed by atoms with Gasteiger partial charge in [0.25, 0.3) is 0 Å². The highest BCUT2D eigenvalue weighted by atomic mass is 16.3. The molecule has 3 atom stereocenters. The van der Waals surface area contributed by atoms with Gasteiger partial charge in [0, 0.05) is 6.54 Å². The van der Waals surface area contributed by atoms with Gasteiger partial charge in [-0.1, -0.05) is 34.1 Å². The van der Waals surface area contributed by atoms with Crippen molar-refractivity contribution < 1.29 is 5.11 Å². The fourth-order valence-corrected chi connectivity index (χ4v) is 2.75. The summed E-state index contributed by atoms with van der Waals surface area (Å²) in [4.78, 5) is 2.47. The lowest BCUT2D eigenvalue weighted by Gasteiger charge is -2.26. The Kier molecular flexibility index (Phi) is 6.50. The third-order valence-electron chi connectivity index (χ3n) is 4.55. The average molecular weight is 241 g/mol. The molecule has 2 heteroatoms. The first-order valence-electron chi connectivity index (χ1n) is 7.45. The molecule has 1 saturated heterocycles. The number of aliphatic hydroxyl groups excluding tert-OH is 1. The Morgan fingerprint density at radius 1 is 1.18 bits per heavy atom. The fourth-order valence-electron chi connectivity index (χ4n) is 2.75. The molecule has 1 rings (SSSR count). The zero-order chi connectivity index (χ0) is 12.8. The van der Waals surface area contributed by atoms with Crippen molar-refractivity contribution in [2.45, 2.75) is 59.5 Å². The molecule has 1 aliphatic rings. The number of rotatable bonds is 5. The van der Waals surface area contributed by atoms with Crippen molar-refractivity contribution in [2.24, 2.45) is 17.8 Å². The van der Waals surface area contributed by atoms with E-state index in [-0.39, 0.29) is 6.10 Å². The molecule has 102 valence electrons. The van der Waals surface area contributed by atoms with Gasteiger partial charge in [0.05, 0.1) is 6.10 Å². The molecule has 0 spiro atoms. The maximum Gasteiger partial charge on any atom is 0.0692 e. The van der Waals surface area contributed by atoms with Crippen molar-refractivity contribution in [3.05, 3.63) is 0 Å². The molecule has 1 aliphatic heterocycles. The maximum atomic E-state index is 10.1. The Bertz CT molecular complexity index is 205. The van der Waals surface area contributed by atoms with Crippen LogP contribution in [0.3, 0.4) is 0 Å². The summed E-state index contributed by atoms with van der Waals surface area (Å²) in [7, 11) is 0. The van der Waals surface area contributed by atoms with Crippen LogP contribution >= 0.6 is 0 Å². The van der Waals surface area contributed by atoms with E-state index in [2.05, 4.69) is 32.6 Å². The summed E-state index contributed by atoms with van der Waals surface area (Å²) in [6, 6.07) is 0. The van der Waals surface area contributed by atoms with E-state index in [1.54, 1.807) is 0 Å². The zero-order valence-corrected chi connectivity index (χ0v) is 12.2. The third-order valence-corrected chi connectivity index (χ3v) is 4.55. The molecule has 2 nitrogen and oxygen atoms in total. The molecule has 0 amide bonds. The summed E-state index contributed by atoms with van der Waals surface area (Å²) < 4.78 is 0. The van der Waals surface area contributed by atoms with E-state index < -0.39 is 0 Å². The van der Waals surface area contributed by atoms with Crippen LogP contribution < -0.4 is 0 Å². The Morgan fingerprint density at radius 2 is 1.88 bits per heavy atom. The minimum absolute atomic E-state index is 0.143. The van der Waals surface area contributed by atoms with Crippen LogP contribution in [0.2, 0.25) is 0 Å². The minimum atomic E-state index is -0.143. The predicted octanol–water partition coefficient (Wildman–Crippen LogP) is 3.15. The van der Waals surface area contributed by atoms with Crippen molar-refractivity contribution in [3.8, 4) is 0 Å². The summed E-state index contributed by atoms with van der Waals surface area (Å²) in [6.07, 6.45) is 4.91. The molecular formula is C15H31NO. The van der Waals surface area contributed by atoms with E-state index >= 15 is 0 Å². The van der Waals surface area contributed by atoms with Crippen molar-refractivity contribution in [2.75, 3.05) is 19.6 Å². The van der Waals surface area contributed by atoms with Crippen LogP contribution in [0.5, 0.6) is 0 Å². The van der Waals surface area contributed by atoms with E-state index in [9.17, 15) is 5.11 Å². The van der Waals surface area contributed by atoms with Crippen molar-refractivity contribution in [1.29, 1.82) is 0 Å². The third kappa shape index (κ3) is 4.97. The maximum absolute atomic E-state index is 10.1. The lowest BCUT2D eigenvalue weighted by atomic mass is 9.89. The Labute approximate surface area is 107 Å². The molecule has 0 aromatic carbocycles. The Morgan fingerprint density at radius 3 is 2.47 bits per heavy atom. The van der Waals surface area contributed by atoms with Gasteiger partial charge in [-0.2, -0.15) is 0 Å². The smallest absolute Gasteiger partial charge is 0.0692 e. The summed E-state index contributed by atoms with van der Waals surface area (Å²) in [6.45, 7) is 12.2. The Balaban J connectivity index is 2.36. The first-order chi connectivity index (χ1) is 8.04. The van der Waals surface area contributed by atoms with Crippen LogP contribution in [0, 0.1) is 17.8 Å². The molecule has 0 aromatic heterocycles. The van der Waals surface area contributed by atoms with Crippen LogP contribution in [0.1, 0.15) is 53.4 Å². The second-order valence-electron chi connectivity index (χ2n) is 6.19. The first kappa shape index (κ1) is 15.0. The monoisotopic (exact) mass is 241 g/mol. The summed E-state index contributed by atoms with van der Waals surface area (Å²) in [5.41, 5.74) is 0. The topological polar surface area (TPSA) is 23.5 Å². The molecule has 17 heavy (non-hydrogen) atoms. The van der Waals surface area contributed by atoms with E-state index in [1.165, 1.54) is 32.4 Å². The van der Waals surface area contributed by atoms with Crippen LogP contribution in [0.25, 0.3) is 0 Å². The van der Waals surface area contributed by atoms with Crippen molar-refractivity contribution in [3.63, 3.8) is 0 Å². The molecule has 1 heterocycles. The van der Waals surface area contributed by atoms with Crippen molar-refractivity contribution >= 4 is 0 Å². The zero-order valence-electron chi connectivity index (χ0n) is 12.2. The lowest BCUT2D eigenvalue weighted by molar-refractivity contribution is 0.0691. The SMILES string of the molecule is CCC(C)C(O)CN1CCCC(C(C)C)CC1. The van der Waals surface area contributed by atoms with Crippen LogP contribution in [0.15, 0.2) is 0 Å². The number of β-amino-alcohol motifs (C(OH)–C–C–N with tert-alkyl or cyclic N) is 1. The van der Waals surface area contributed by atoms with Gasteiger partial charge in [-0.25, -0.2) is 0 Å². The number of nitrogens with zero attached hydrogens (tertiary/aromatic N) is 1. The lowest BCUT2D eigenvalue weighted by Crippen LogP contribution is -2.36. The fraction of sp³-hybridized carbons (Fsp3) is 1.00. The van der Waals surface area contributed by atoms with Gasteiger partial charge in [-0.15, -0.1) is 0 Å². The molecule has 0 aliphatic carbocycles. The van der Waals surface area contributed by atoms with Crippen molar-refractivity contribution in [1.82, 2.24) is 4.90 Å². The molecular weight excluding hydrogens is 210 g/mol. The molecule has 1 N–H and O–H groups in total. The van der Waals surface area contributed by atoms with Gasteiger partial charge in [0.15, 0.2) is 0 Å². The van der Waals surface area contributed by atoms with Gasteiger partial charge in [0.2, 0.25) is 0 Å². The molecule has 0 saturated carbocycles. The predicted molar refractivity (Wildman–Crippen MR) is 74.1 cm³/mol. The quantitative estimate of drug-likeness (QED) is 0.799. The Hall–Kier alpha value is -0.0800. The van der Waals surface area contributed by atoms with Gasteiger partial charge in [0.1, 0.15) is 0 Å². The second kappa shape index (κ2) is 7.38.